The smallest absolute Gasteiger partial charge is 0.255 e. The van der Waals surface area contributed by atoms with Crippen LogP contribution in [-0.2, 0) is 5.54 Å². The lowest BCUT2D eigenvalue weighted by atomic mass is 9.96. The second kappa shape index (κ2) is 11.0. The molecular weight excluding hydrogens is 553 g/mol. The van der Waals surface area contributed by atoms with Crippen molar-refractivity contribution >= 4 is 28.5 Å². The van der Waals surface area contributed by atoms with E-state index in [-0.39, 0.29) is 34.1 Å². The first-order chi connectivity index (χ1) is 20.7. The molecule has 0 radical (unpaired) electrons. The summed E-state index contributed by atoms with van der Waals surface area (Å²) in [4.78, 5) is 26.6. The molecule has 4 aromatic carbocycles. The van der Waals surface area contributed by atoms with Crippen LogP contribution in [-0.4, -0.2) is 31.2 Å². The van der Waals surface area contributed by atoms with Gasteiger partial charge in [-0.1, -0.05) is 30.3 Å². The number of hydrogen-bond donors (Lipinski definition) is 4. The minimum atomic E-state index is -1.24. The van der Waals surface area contributed by atoms with Gasteiger partial charge in [-0.05, 0) is 66.9 Å². The number of carbonyl (C=O) groups excluding carboxylic acids is 2. The molecule has 218 valence electrons. The van der Waals surface area contributed by atoms with Crippen molar-refractivity contribution < 1.29 is 33.6 Å². The van der Waals surface area contributed by atoms with E-state index < -0.39 is 22.5 Å². The molecule has 5 aromatic rings. The van der Waals surface area contributed by atoms with E-state index in [4.69, 9.17) is 9.15 Å². The molecule has 1 fully saturated rings. The van der Waals surface area contributed by atoms with Crippen molar-refractivity contribution in [3.63, 3.8) is 0 Å². The minimum Gasteiger partial charge on any atom is -0.595 e. The molecule has 1 aliphatic carbocycles. The van der Waals surface area contributed by atoms with E-state index in [0.29, 0.717) is 27.8 Å². The standard InChI is InChI=1S/C33H28FN3O6/c1-35-32(39)29-25-17-23(26(37(40)41)18-28(25)43-30(29)19-8-11-22(34)12-9-19)24-16-20(10-13-27(24)42-2)31(38)36-33(14-15-33)21-6-4-3-5-7-21/h3-13,16-18,37,40H,14-15H2,1-2H3,(H,35,39)(H,36,38). The van der Waals surface area contributed by atoms with Gasteiger partial charge >= 0.3 is 0 Å². The molecule has 6 rings (SSSR count). The number of methoxy groups -OCH3 is 1. The van der Waals surface area contributed by atoms with E-state index in [9.17, 15) is 24.4 Å². The Morgan fingerprint density at radius 1 is 0.977 bits per heavy atom. The van der Waals surface area contributed by atoms with Crippen molar-refractivity contribution in [3.05, 3.63) is 113 Å². The first-order valence-corrected chi connectivity index (χ1v) is 13.6. The molecule has 1 aromatic heterocycles. The Hall–Kier alpha value is -5.03. The molecule has 0 saturated heterocycles. The SMILES string of the molecule is CNC(=O)c1c(-c2ccc(F)cc2)oc2cc([NH+]([O-])O)c(-c3cc(C(=O)NC4(c5ccccc5)CC4)ccc3OC)cc12. The first-order valence-electron chi connectivity index (χ1n) is 13.6. The maximum Gasteiger partial charge on any atom is 0.255 e. The fraction of sp³-hybridized carbons (Fsp3) is 0.152. The summed E-state index contributed by atoms with van der Waals surface area (Å²) in [6, 6.07) is 22.9. The highest BCUT2D eigenvalue weighted by Gasteiger charge is 2.45. The third-order valence-electron chi connectivity index (χ3n) is 7.80. The van der Waals surface area contributed by atoms with Crippen LogP contribution in [0.1, 0.15) is 39.1 Å². The van der Waals surface area contributed by atoms with Crippen molar-refractivity contribution in [2.45, 2.75) is 18.4 Å². The number of hydrogen-bond acceptors (Lipinski definition) is 6. The van der Waals surface area contributed by atoms with Gasteiger partial charge in [-0.25, -0.2) is 9.60 Å². The number of ether oxygens (including phenoxy) is 1. The summed E-state index contributed by atoms with van der Waals surface area (Å²) >= 11 is 0. The van der Waals surface area contributed by atoms with Gasteiger partial charge in [-0.2, -0.15) is 5.23 Å². The van der Waals surface area contributed by atoms with Crippen LogP contribution in [0.3, 0.4) is 0 Å². The highest BCUT2D eigenvalue weighted by Crippen LogP contribution is 2.46. The van der Waals surface area contributed by atoms with Crippen LogP contribution < -0.4 is 20.6 Å². The van der Waals surface area contributed by atoms with Crippen molar-refractivity contribution in [3.8, 4) is 28.2 Å². The van der Waals surface area contributed by atoms with Crippen molar-refractivity contribution in [1.29, 1.82) is 0 Å². The molecule has 0 spiro atoms. The second-order valence-corrected chi connectivity index (χ2v) is 10.4. The van der Waals surface area contributed by atoms with Gasteiger partial charge in [0.05, 0.1) is 23.8 Å². The third kappa shape index (κ3) is 5.12. The van der Waals surface area contributed by atoms with Gasteiger partial charge in [0, 0.05) is 35.2 Å². The molecule has 9 nitrogen and oxygen atoms in total. The molecule has 4 N–H and O–H groups in total. The number of amides is 2. The van der Waals surface area contributed by atoms with E-state index in [1.165, 1.54) is 44.5 Å². The summed E-state index contributed by atoms with van der Waals surface area (Å²) in [6.45, 7) is 0. The zero-order valence-corrected chi connectivity index (χ0v) is 23.4. The lowest BCUT2D eigenvalue weighted by molar-refractivity contribution is -0.991. The van der Waals surface area contributed by atoms with E-state index in [1.54, 1.807) is 24.3 Å². The minimum absolute atomic E-state index is 0.117. The molecular formula is C33H28FN3O6. The summed E-state index contributed by atoms with van der Waals surface area (Å²) in [5.74, 6) is -0.729. The van der Waals surface area contributed by atoms with Gasteiger partial charge in [-0.15, -0.1) is 0 Å². The van der Waals surface area contributed by atoms with Gasteiger partial charge in [-0.3, -0.25) is 9.59 Å². The first kappa shape index (κ1) is 28.1. The van der Waals surface area contributed by atoms with Gasteiger partial charge in [0.1, 0.15) is 22.9 Å². The Kier molecular flexibility index (Phi) is 7.18. The van der Waals surface area contributed by atoms with Gasteiger partial charge < -0.3 is 25.0 Å². The molecule has 1 atom stereocenters. The average molecular weight is 582 g/mol. The van der Waals surface area contributed by atoms with Crippen LogP contribution in [0.4, 0.5) is 10.1 Å². The molecule has 0 aliphatic heterocycles. The Balaban J connectivity index is 1.49. The molecule has 1 saturated carbocycles. The molecule has 10 heteroatoms. The van der Waals surface area contributed by atoms with Crippen LogP contribution in [0.25, 0.3) is 33.4 Å². The normalized spacial score (nSPS) is 14.3. The van der Waals surface area contributed by atoms with Crippen LogP contribution >= 0.6 is 0 Å². The van der Waals surface area contributed by atoms with Crippen molar-refractivity contribution in [1.82, 2.24) is 10.6 Å². The van der Waals surface area contributed by atoms with Crippen LogP contribution in [0, 0.1) is 11.0 Å². The molecule has 1 unspecified atom stereocenters. The van der Waals surface area contributed by atoms with Crippen LogP contribution in [0.15, 0.2) is 89.3 Å². The number of carbonyl (C=O) groups is 2. The molecule has 0 bridgehead atoms. The Bertz CT molecular complexity index is 1850. The van der Waals surface area contributed by atoms with E-state index in [1.807, 2.05) is 30.3 Å². The summed E-state index contributed by atoms with van der Waals surface area (Å²) < 4.78 is 25.2. The zero-order chi connectivity index (χ0) is 30.3. The lowest BCUT2D eigenvalue weighted by Gasteiger charge is -2.20. The Morgan fingerprint density at radius 2 is 1.70 bits per heavy atom. The Labute approximate surface area is 246 Å². The Morgan fingerprint density at radius 3 is 2.33 bits per heavy atom. The van der Waals surface area contributed by atoms with Gasteiger partial charge in [0.2, 0.25) is 0 Å². The number of furan rings is 1. The number of halogens is 1. The molecule has 43 heavy (non-hydrogen) atoms. The third-order valence-corrected chi connectivity index (χ3v) is 7.80. The number of rotatable bonds is 8. The fourth-order valence-electron chi connectivity index (χ4n) is 5.41. The predicted molar refractivity (Wildman–Crippen MR) is 158 cm³/mol. The predicted octanol–water partition coefficient (Wildman–Crippen LogP) is 5.10. The molecule has 2 amide bonds. The zero-order valence-electron chi connectivity index (χ0n) is 23.4. The summed E-state index contributed by atoms with van der Waals surface area (Å²) in [5.41, 5.74) is 2.12. The largest absolute Gasteiger partial charge is 0.595 e. The summed E-state index contributed by atoms with van der Waals surface area (Å²) in [7, 11) is 2.92. The van der Waals surface area contributed by atoms with Crippen molar-refractivity contribution in [2.75, 3.05) is 14.2 Å². The highest BCUT2D eigenvalue weighted by atomic mass is 19.1. The van der Waals surface area contributed by atoms with E-state index in [2.05, 4.69) is 10.6 Å². The maximum absolute atomic E-state index is 13.6. The highest BCUT2D eigenvalue weighted by molar-refractivity contribution is 6.12. The molecule has 1 heterocycles. The summed E-state index contributed by atoms with van der Waals surface area (Å²) in [6.07, 6.45) is 1.62. The quantitative estimate of drug-likeness (QED) is 0.189. The topological polar surface area (TPSA) is 128 Å². The number of nitrogens with one attached hydrogen (secondary N) is 3. The van der Waals surface area contributed by atoms with E-state index in [0.717, 1.165) is 18.4 Å². The monoisotopic (exact) mass is 581 g/mol. The number of fused-ring (bicyclic) bond motifs is 1. The van der Waals surface area contributed by atoms with Crippen LogP contribution in [0.5, 0.6) is 5.75 Å². The average Bonchev–Trinajstić information content (AvgIpc) is 3.72. The number of benzene rings is 4. The van der Waals surface area contributed by atoms with Gasteiger partial charge in [0.15, 0.2) is 5.69 Å². The molecule has 1 aliphatic rings. The fourth-order valence-corrected chi connectivity index (χ4v) is 5.41. The van der Waals surface area contributed by atoms with E-state index >= 15 is 0 Å². The van der Waals surface area contributed by atoms with Crippen molar-refractivity contribution in [2.24, 2.45) is 0 Å². The summed E-state index contributed by atoms with van der Waals surface area (Å²) in [5, 5.41) is 27.6. The lowest BCUT2D eigenvalue weighted by Crippen LogP contribution is -2.99. The number of quaternary nitrogens is 1. The van der Waals surface area contributed by atoms with Crippen LogP contribution in [0.2, 0.25) is 0 Å². The maximum atomic E-state index is 13.6. The van der Waals surface area contributed by atoms with Gasteiger partial charge in [0.25, 0.3) is 11.8 Å². The second-order valence-electron chi connectivity index (χ2n) is 10.4.